The average molecular weight is 279 g/mol. The zero-order valence-corrected chi connectivity index (χ0v) is 12.0. The molecule has 3 heterocycles. The molecule has 1 aromatic heterocycles. The maximum absolute atomic E-state index is 10.0. The van der Waals surface area contributed by atoms with E-state index in [0.717, 1.165) is 49.2 Å². The summed E-state index contributed by atoms with van der Waals surface area (Å²) in [6.07, 6.45) is 5.46. The first-order valence-corrected chi connectivity index (χ1v) is 8.29. The maximum Gasteiger partial charge on any atom is 0.185 e. The Balaban J connectivity index is 1.56. The highest BCUT2D eigenvalue weighted by atomic mass is 32.1. The Hall–Kier alpha value is -0.650. The molecule has 19 heavy (non-hydrogen) atoms. The molecule has 2 atom stereocenters. The van der Waals surface area contributed by atoms with Crippen LogP contribution in [0.15, 0.2) is 0 Å². The second-order valence-electron chi connectivity index (χ2n) is 5.99. The Labute approximate surface area is 118 Å². The number of nitrogens with zero attached hydrogens (tertiary/aromatic N) is 3. The SMILES string of the molecule is OC1CCCc2sc(N3CCN4CCCC4C3)nc21. The number of hydrogen-bond acceptors (Lipinski definition) is 5. The summed E-state index contributed by atoms with van der Waals surface area (Å²) >= 11 is 1.82. The van der Waals surface area contributed by atoms with Gasteiger partial charge in [0.2, 0.25) is 0 Å². The van der Waals surface area contributed by atoms with Gasteiger partial charge in [-0.3, -0.25) is 4.90 Å². The molecule has 2 saturated heterocycles. The van der Waals surface area contributed by atoms with Gasteiger partial charge in [0, 0.05) is 30.6 Å². The molecule has 2 fully saturated rings. The van der Waals surface area contributed by atoms with Gasteiger partial charge < -0.3 is 10.0 Å². The fraction of sp³-hybridized carbons (Fsp3) is 0.786. The van der Waals surface area contributed by atoms with Gasteiger partial charge in [0.15, 0.2) is 5.13 Å². The van der Waals surface area contributed by atoms with Crippen molar-refractivity contribution in [1.29, 1.82) is 0 Å². The Morgan fingerprint density at radius 1 is 1.16 bits per heavy atom. The molecule has 104 valence electrons. The Kier molecular flexibility index (Phi) is 3.01. The minimum Gasteiger partial charge on any atom is -0.387 e. The molecular weight excluding hydrogens is 258 g/mol. The van der Waals surface area contributed by atoms with Gasteiger partial charge in [0.05, 0.1) is 11.8 Å². The Morgan fingerprint density at radius 3 is 3.00 bits per heavy atom. The van der Waals surface area contributed by atoms with Gasteiger partial charge in [0.25, 0.3) is 0 Å². The van der Waals surface area contributed by atoms with Crippen molar-refractivity contribution in [3.8, 4) is 0 Å². The number of aliphatic hydroxyl groups is 1. The fourth-order valence-electron chi connectivity index (χ4n) is 3.68. The number of aliphatic hydroxyl groups excluding tert-OH is 1. The molecule has 0 spiro atoms. The van der Waals surface area contributed by atoms with Crippen LogP contribution in [0.4, 0.5) is 5.13 Å². The lowest BCUT2D eigenvalue weighted by Crippen LogP contribution is -2.50. The van der Waals surface area contributed by atoms with Gasteiger partial charge in [-0.15, -0.1) is 11.3 Å². The summed E-state index contributed by atoms with van der Waals surface area (Å²) in [5.74, 6) is 0. The predicted molar refractivity (Wildman–Crippen MR) is 76.8 cm³/mol. The second-order valence-corrected chi connectivity index (χ2v) is 7.05. The van der Waals surface area contributed by atoms with Crippen LogP contribution in [0.25, 0.3) is 0 Å². The van der Waals surface area contributed by atoms with Crippen molar-refractivity contribution in [2.75, 3.05) is 31.1 Å². The average Bonchev–Trinajstić information content (AvgIpc) is 3.04. The van der Waals surface area contributed by atoms with E-state index >= 15 is 0 Å². The van der Waals surface area contributed by atoms with Crippen LogP contribution in [0, 0.1) is 0 Å². The summed E-state index contributed by atoms with van der Waals surface area (Å²) < 4.78 is 0. The molecule has 4 nitrogen and oxygen atoms in total. The lowest BCUT2D eigenvalue weighted by atomic mass is 10.0. The number of piperazine rings is 1. The fourth-order valence-corrected chi connectivity index (χ4v) is 4.87. The van der Waals surface area contributed by atoms with E-state index in [1.54, 1.807) is 0 Å². The van der Waals surface area contributed by atoms with Gasteiger partial charge in [-0.2, -0.15) is 0 Å². The lowest BCUT2D eigenvalue weighted by Gasteiger charge is -2.37. The standard InChI is InChI=1S/C14H21N3OS/c18-11-4-1-5-12-13(11)15-14(19-12)17-8-7-16-6-2-3-10(16)9-17/h10-11,18H,1-9H2. The summed E-state index contributed by atoms with van der Waals surface area (Å²) in [6.45, 7) is 4.69. The minimum atomic E-state index is -0.318. The van der Waals surface area contributed by atoms with Crippen molar-refractivity contribution < 1.29 is 5.11 Å². The monoisotopic (exact) mass is 279 g/mol. The highest BCUT2D eigenvalue weighted by Gasteiger charge is 2.32. The van der Waals surface area contributed by atoms with Crippen LogP contribution in [0.5, 0.6) is 0 Å². The predicted octanol–water partition coefficient (Wildman–Crippen LogP) is 1.80. The van der Waals surface area contributed by atoms with Crippen molar-refractivity contribution in [2.45, 2.75) is 44.2 Å². The third-order valence-electron chi connectivity index (χ3n) is 4.77. The summed E-state index contributed by atoms with van der Waals surface area (Å²) in [6, 6.07) is 0.736. The number of fused-ring (bicyclic) bond motifs is 2. The van der Waals surface area contributed by atoms with Gasteiger partial charge in [-0.05, 0) is 38.6 Å². The van der Waals surface area contributed by atoms with E-state index in [2.05, 4.69) is 9.80 Å². The van der Waals surface area contributed by atoms with E-state index < -0.39 is 0 Å². The zero-order valence-electron chi connectivity index (χ0n) is 11.2. The van der Waals surface area contributed by atoms with Crippen molar-refractivity contribution >= 4 is 16.5 Å². The molecule has 0 radical (unpaired) electrons. The molecule has 2 aliphatic heterocycles. The van der Waals surface area contributed by atoms with E-state index in [4.69, 9.17) is 4.98 Å². The number of thiazole rings is 1. The summed E-state index contributed by atoms with van der Waals surface area (Å²) in [5, 5.41) is 11.2. The molecule has 5 heteroatoms. The van der Waals surface area contributed by atoms with Crippen molar-refractivity contribution in [3.05, 3.63) is 10.6 Å². The second kappa shape index (κ2) is 4.72. The van der Waals surface area contributed by atoms with Crippen molar-refractivity contribution in [1.82, 2.24) is 9.88 Å². The highest BCUT2D eigenvalue weighted by Crippen LogP contribution is 2.37. The van der Waals surface area contributed by atoms with E-state index in [1.165, 1.54) is 30.8 Å². The van der Waals surface area contributed by atoms with Gasteiger partial charge >= 0.3 is 0 Å². The molecule has 0 aromatic carbocycles. The van der Waals surface area contributed by atoms with Gasteiger partial charge in [0.1, 0.15) is 0 Å². The first kappa shape index (κ1) is 12.1. The van der Waals surface area contributed by atoms with E-state index in [1.807, 2.05) is 11.3 Å². The molecule has 4 rings (SSSR count). The first-order chi connectivity index (χ1) is 9.31. The third-order valence-corrected chi connectivity index (χ3v) is 5.96. The number of hydrogen-bond donors (Lipinski definition) is 1. The third kappa shape index (κ3) is 2.08. The molecule has 1 N–H and O–H groups in total. The van der Waals surface area contributed by atoms with E-state index in [-0.39, 0.29) is 6.10 Å². The molecular formula is C14H21N3OS. The molecule has 2 unspecified atom stereocenters. The molecule has 3 aliphatic rings. The van der Waals surface area contributed by atoms with Crippen LogP contribution in [0.2, 0.25) is 0 Å². The van der Waals surface area contributed by atoms with Crippen molar-refractivity contribution in [3.63, 3.8) is 0 Å². The summed E-state index contributed by atoms with van der Waals surface area (Å²) in [4.78, 5) is 11.1. The number of aromatic nitrogens is 1. The van der Waals surface area contributed by atoms with Crippen LogP contribution in [0.1, 0.15) is 42.4 Å². The van der Waals surface area contributed by atoms with Crippen LogP contribution >= 0.6 is 11.3 Å². The topological polar surface area (TPSA) is 39.6 Å². The summed E-state index contributed by atoms with van der Waals surface area (Å²) in [5.41, 5.74) is 0.972. The largest absolute Gasteiger partial charge is 0.387 e. The number of aryl methyl sites for hydroxylation is 1. The maximum atomic E-state index is 10.0. The van der Waals surface area contributed by atoms with Gasteiger partial charge in [-0.1, -0.05) is 0 Å². The molecule has 0 amide bonds. The molecule has 1 aliphatic carbocycles. The lowest BCUT2D eigenvalue weighted by molar-refractivity contribution is 0.153. The number of rotatable bonds is 1. The Bertz CT molecular complexity index is 475. The quantitative estimate of drug-likeness (QED) is 0.851. The van der Waals surface area contributed by atoms with E-state index in [9.17, 15) is 5.11 Å². The number of anilines is 1. The van der Waals surface area contributed by atoms with E-state index in [0.29, 0.717) is 0 Å². The van der Waals surface area contributed by atoms with Crippen LogP contribution in [-0.4, -0.2) is 47.2 Å². The molecule has 0 saturated carbocycles. The highest BCUT2D eigenvalue weighted by molar-refractivity contribution is 7.15. The minimum absolute atomic E-state index is 0.318. The zero-order chi connectivity index (χ0) is 12.8. The van der Waals surface area contributed by atoms with Crippen molar-refractivity contribution in [2.24, 2.45) is 0 Å². The van der Waals surface area contributed by atoms with Gasteiger partial charge in [-0.25, -0.2) is 4.98 Å². The van der Waals surface area contributed by atoms with Crippen LogP contribution < -0.4 is 4.90 Å². The van der Waals surface area contributed by atoms with Crippen LogP contribution in [0.3, 0.4) is 0 Å². The van der Waals surface area contributed by atoms with Crippen LogP contribution in [-0.2, 0) is 6.42 Å². The molecule has 0 bridgehead atoms. The normalized spacial score (nSPS) is 31.3. The molecule has 1 aromatic rings. The Morgan fingerprint density at radius 2 is 2.11 bits per heavy atom. The smallest absolute Gasteiger partial charge is 0.185 e. The summed E-state index contributed by atoms with van der Waals surface area (Å²) in [7, 11) is 0. The first-order valence-electron chi connectivity index (χ1n) is 7.48.